The maximum absolute atomic E-state index is 14.0. The van der Waals surface area contributed by atoms with Gasteiger partial charge in [0.2, 0.25) is 17.7 Å². The van der Waals surface area contributed by atoms with Crippen LogP contribution in [0.5, 0.6) is 0 Å². The molecular weight excluding hydrogens is 564 g/mol. The molecule has 4 N–H and O–H groups in total. The molecule has 3 amide bonds. The van der Waals surface area contributed by atoms with Gasteiger partial charge in [0.05, 0.1) is 11.9 Å². The minimum absolute atomic E-state index is 0.0552. The Balaban J connectivity index is 2.95. The Bertz CT molecular complexity index is 1130. The summed E-state index contributed by atoms with van der Waals surface area (Å²) in [5.41, 5.74) is 0.741. The Kier molecular flexibility index (Phi) is 15.7. The normalized spacial score (nSPS) is 12.0. The van der Waals surface area contributed by atoms with Gasteiger partial charge in [-0.25, -0.2) is 0 Å². The number of aliphatic carboxylic acids is 1. The molecule has 224 valence electrons. The largest absolute Gasteiger partial charge is 0.480 e. The van der Waals surface area contributed by atoms with Crippen LogP contribution in [-0.2, 0) is 34.7 Å². The summed E-state index contributed by atoms with van der Waals surface area (Å²) in [5.74, 6) is -3.09. The van der Waals surface area contributed by atoms with Crippen molar-refractivity contribution in [3.8, 4) is 0 Å². The summed E-state index contributed by atoms with van der Waals surface area (Å²) in [6.07, 6.45) is 6.66. The number of amides is 3. The number of allylic oxidation sites excluding steroid dienone is 4. The number of carboxylic acids is 1. The zero-order chi connectivity index (χ0) is 30.9. The van der Waals surface area contributed by atoms with E-state index < -0.39 is 62.5 Å². The highest BCUT2D eigenvalue weighted by molar-refractivity contribution is 7.82. The molecule has 0 unspecified atom stereocenters. The van der Waals surface area contributed by atoms with E-state index >= 15 is 0 Å². The van der Waals surface area contributed by atoms with Crippen molar-refractivity contribution in [3.63, 3.8) is 0 Å². The molecule has 10 nitrogen and oxygen atoms in total. The van der Waals surface area contributed by atoms with E-state index in [1.807, 2.05) is 0 Å². The Labute approximate surface area is 242 Å². The number of benzene rings is 1. The second-order valence-corrected chi connectivity index (χ2v) is 16.4. The fraction of sp³-hybridized carbons (Fsp3) is 0.379. The first-order chi connectivity index (χ1) is 19.4. The van der Waals surface area contributed by atoms with Crippen LogP contribution in [0.1, 0.15) is 18.4 Å². The average molecular weight is 606 g/mol. The first-order valence-corrected chi connectivity index (χ1v) is 17.4. The van der Waals surface area contributed by atoms with Gasteiger partial charge in [-0.3, -0.25) is 19.2 Å². The quantitative estimate of drug-likeness (QED) is 0.123. The van der Waals surface area contributed by atoms with Crippen molar-refractivity contribution < 1.29 is 33.4 Å². The Morgan fingerprint density at radius 2 is 1.29 bits per heavy atom. The minimum Gasteiger partial charge on any atom is -0.480 e. The summed E-state index contributed by atoms with van der Waals surface area (Å²) < 4.78 is 27.9. The third-order valence-corrected chi connectivity index (χ3v) is 15.0. The van der Waals surface area contributed by atoms with Crippen molar-refractivity contribution in [1.29, 1.82) is 0 Å². The summed E-state index contributed by atoms with van der Waals surface area (Å²) >= 11 is 0. The number of carbonyl (C=O) groups excluding carboxylic acids is 3. The molecule has 0 fully saturated rings. The van der Waals surface area contributed by atoms with Crippen molar-refractivity contribution >= 4 is 38.0 Å². The number of carbonyl (C=O) groups is 4. The number of hydrogen-bond donors (Lipinski definition) is 4. The van der Waals surface area contributed by atoms with Gasteiger partial charge in [-0.1, -0.05) is 54.6 Å². The fourth-order valence-corrected chi connectivity index (χ4v) is 12.9. The highest BCUT2D eigenvalue weighted by Gasteiger charge is 2.42. The molecule has 1 aromatic rings. The number of carboxylic acid groups (broad SMARTS) is 1. The molecule has 0 saturated heterocycles. The van der Waals surface area contributed by atoms with Crippen LogP contribution in [0.2, 0.25) is 0 Å². The third-order valence-electron chi connectivity index (χ3n) is 6.26. The molecular formula is C29H41N3O7P2. The summed E-state index contributed by atoms with van der Waals surface area (Å²) in [4.78, 5) is 48.8. The lowest BCUT2D eigenvalue weighted by atomic mass is 10.1. The lowest BCUT2D eigenvalue weighted by Gasteiger charge is -2.33. The molecule has 12 heteroatoms. The molecule has 0 radical (unpaired) electrons. The predicted octanol–water partition coefficient (Wildman–Crippen LogP) is 3.61. The van der Waals surface area contributed by atoms with Crippen LogP contribution in [0.4, 0.5) is 0 Å². The van der Waals surface area contributed by atoms with Gasteiger partial charge >= 0.3 is 5.97 Å². The van der Waals surface area contributed by atoms with Crippen LogP contribution in [0, 0.1) is 0 Å². The fourth-order valence-electron chi connectivity index (χ4n) is 4.48. The van der Waals surface area contributed by atoms with Gasteiger partial charge in [0.15, 0.2) is 0 Å². The monoisotopic (exact) mass is 605 g/mol. The van der Waals surface area contributed by atoms with Crippen LogP contribution in [0.3, 0.4) is 0 Å². The standard InChI is InChI=1S/C29H41N3O7P2/c1-5-16-40(38,17-6-2)28(41(39,18-7-3)19-8-4)15-14-25(33)30-21-26(34)32-24(29(37)31-22-27(35)36)20-23-12-10-9-11-13-23/h5-13,24,28H,1-4,14-22H2,(H,30,33)(H,31,37)(H,32,34)(H,35,36)/t24-/m0/s1. The van der Waals surface area contributed by atoms with E-state index in [0.717, 1.165) is 5.56 Å². The molecule has 0 bridgehead atoms. The predicted molar refractivity (Wildman–Crippen MR) is 164 cm³/mol. The number of rotatable bonds is 21. The maximum Gasteiger partial charge on any atom is 0.322 e. The molecule has 41 heavy (non-hydrogen) atoms. The van der Waals surface area contributed by atoms with Gasteiger partial charge in [-0.2, -0.15) is 0 Å². The van der Waals surface area contributed by atoms with E-state index in [1.165, 1.54) is 24.3 Å². The average Bonchev–Trinajstić information content (AvgIpc) is 2.91. The van der Waals surface area contributed by atoms with E-state index in [-0.39, 0.29) is 43.9 Å². The molecule has 0 aromatic heterocycles. The van der Waals surface area contributed by atoms with E-state index in [9.17, 15) is 28.3 Å². The van der Waals surface area contributed by atoms with Crippen molar-refractivity contribution in [1.82, 2.24) is 16.0 Å². The molecule has 0 heterocycles. The van der Waals surface area contributed by atoms with E-state index in [1.54, 1.807) is 30.3 Å². The second-order valence-electron chi connectivity index (χ2n) is 9.51. The maximum atomic E-state index is 14.0. The van der Waals surface area contributed by atoms with Crippen molar-refractivity contribution in [2.24, 2.45) is 0 Å². The Hall–Kier alpha value is -3.48. The topological polar surface area (TPSA) is 159 Å². The smallest absolute Gasteiger partial charge is 0.322 e. The first-order valence-electron chi connectivity index (χ1n) is 13.1. The summed E-state index contributed by atoms with van der Waals surface area (Å²) in [5, 5.41) is 15.4. The van der Waals surface area contributed by atoms with Gasteiger partial charge in [0, 0.05) is 37.5 Å². The molecule has 0 aliphatic carbocycles. The summed E-state index contributed by atoms with van der Waals surface area (Å²) in [6, 6.07) is 7.78. The third kappa shape index (κ3) is 12.3. The zero-order valence-electron chi connectivity index (χ0n) is 23.3. The van der Waals surface area contributed by atoms with E-state index in [0.29, 0.717) is 0 Å². The van der Waals surface area contributed by atoms with Gasteiger partial charge in [0.1, 0.15) is 26.9 Å². The molecule has 0 spiro atoms. The molecule has 0 aliphatic heterocycles. The second kappa shape index (κ2) is 18.1. The number of hydrogen-bond acceptors (Lipinski definition) is 6. The van der Waals surface area contributed by atoms with Crippen LogP contribution in [-0.4, -0.2) is 78.0 Å². The molecule has 1 aromatic carbocycles. The lowest BCUT2D eigenvalue weighted by molar-refractivity contribution is -0.138. The van der Waals surface area contributed by atoms with E-state index in [4.69, 9.17) is 5.11 Å². The van der Waals surface area contributed by atoms with E-state index in [2.05, 4.69) is 42.3 Å². The van der Waals surface area contributed by atoms with Gasteiger partial charge < -0.3 is 30.2 Å². The van der Waals surface area contributed by atoms with Crippen molar-refractivity contribution in [3.05, 3.63) is 86.5 Å². The van der Waals surface area contributed by atoms with Crippen LogP contribution < -0.4 is 16.0 Å². The Morgan fingerprint density at radius 3 is 1.76 bits per heavy atom. The van der Waals surface area contributed by atoms with Crippen LogP contribution in [0.25, 0.3) is 0 Å². The first kappa shape index (κ1) is 35.5. The zero-order valence-corrected chi connectivity index (χ0v) is 25.1. The van der Waals surface area contributed by atoms with Gasteiger partial charge in [-0.05, 0) is 12.0 Å². The minimum atomic E-state index is -3.12. The van der Waals surface area contributed by atoms with Crippen LogP contribution >= 0.6 is 14.3 Å². The van der Waals surface area contributed by atoms with Crippen LogP contribution in [0.15, 0.2) is 81.0 Å². The van der Waals surface area contributed by atoms with Gasteiger partial charge in [0.25, 0.3) is 0 Å². The summed E-state index contributed by atoms with van der Waals surface area (Å²) in [6.45, 7) is 13.7. The SMILES string of the molecule is C=CCP(=O)(CC=C)C(CCC(=O)NCC(=O)N[C@@H](Cc1ccccc1)C(=O)NCC(=O)O)P(=O)(CC=C)CC=C. The number of nitrogens with one attached hydrogen (secondary N) is 3. The molecule has 0 aliphatic rings. The molecule has 0 saturated carbocycles. The molecule has 1 rings (SSSR count). The van der Waals surface area contributed by atoms with Gasteiger partial charge in [-0.15, -0.1) is 26.3 Å². The molecule has 1 atom stereocenters. The van der Waals surface area contributed by atoms with Crippen molar-refractivity contribution in [2.45, 2.75) is 30.7 Å². The summed E-state index contributed by atoms with van der Waals surface area (Å²) in [7, 11) is -6.24. The highest BCUT2D eigenvalue weighted by atomic mass is 31.2. The van der Waals surface area contributed by atoms with Crippen molar-refractivity contribution in [2.75, 3.05) is 37.7 Å². The highest BCUT2D eigenvalue weighted by Crippen LogP contribution is 2.69. The Morgan fingerprint density at radius 1 is 0.780 bits per heavy atom. The lowest BCUT2D eigenvalue weighted by Crippen LogP contribution is -2.51.